The van der Waals surface area contributed by atoms with Crippen molar-refractivity contribution in [2.24, 2.45) is 0 Å². The highest BCUT2D eigenvalue weighted by molar-refractivity contribution is 5.12. The van der Waals surface area contributed by atoms with Crippen molar-refractivity contribution in [3.8, 4) is 0 Å². The Kier molecular flexibility index (Phi) is 66.8. The molecular formula is C55H111N15. The Bertz CT molecular complexity index is 1370. The molecule has 0 aliphatic carbocycles. The number of nitrogens with one attached hydrogen (secondary N) is 7. The molecule has 7 heterocycles. The first-order chi connectivity index (χ1) is 33.6. The van der Waals surface area contributed by atoms with Gasteiger partial charge in [0.1, 0.15) is 18.0 Å². The minimum atomic E-state index is 0.456. The van der Waals surface area contributed by atoms with Gasteiger partial charge in [0, 0.05) is 66.6 Å². The minimum absolute atomic E-state index is 0.456. The van der Waals surface area contributed by atoms with Gasteiger partial charge in [-0.2, -0.15) is 30.7 Å². The molecule has 0 spiro atoms. The molecule has 15 heteroatoms. The Morgan fingerprint density at radius 3 is 1.17 bits per heavy atom. The summed E-state index contributed by atoms with van der Waals surface area (Å²) in [4.78, 5) is 21.0. The van der Waals surface area contributed by atoms with Crippen LogP contribution in [0.3, 0.4) is 0 Å². The Morgan fingerprint density at radius 1 is 0.414 bits per heavy atom. The molecule has 0 amide bonds. The van der Waals surface area contributed by atoms with Crippen LogP contribution in [0.25, 0.3) is 0 Å². The zero-order chi connectivity index (χ0) is 55.9. The van der Waals surface area contributed by atoms with Crippen LogP contribution in [0.15, 0.2) is 80.6 Å². The molecule has 0 radical (unpaired) electrons. The molecule has 0 aliphatic rings. The Balaban J connectivity index is -0.000000127. The van der Waals surface area contributed by atoms with E-state index in [-0.39, 0.29) is 0 Å². The molecule has 15 nitrogen and oxygen atoms in total. The molecule has 7 rings (SSSR count). The van der Waals surface area contributed by atoms with Gasteiger partial charge in [0.2, 0.25) is 0 Å². The molecule has 70 heavy (non-hydrogen) atoms. The van der Waals surface area contributed by atoms with Crippen molar-refractivity contribution in [1.29, 1.82) is 0 Å². The molecule has 0 saturated heterocycles. The van der Waals surface area contributed by atoms with Crippen LogP contribution in [-0.4, -0.2) is 75.9 Å². The van der Waals surface area contributed by atoms with Crippen LogP contribution in [0.2, 0.25) is 0 Å². The van der Waals surface area contributed by atoms with E-state index >= 15 is 0 Å². The van der Waals surface area contributed by atoms with E-state index in [2.05, 4.69) is 179 Å². The number of aromatic amines is 7. The molecule has 0 unspecified atom stereocenters. The Hall–Kier alpha value is -5.60. The molecule has 0 fully saturated rings. The first-order valence-corrected chi connectivity index (χ1v) is 26.4. The van der Waals surface area contributed by atoms with Crippen LogP contribution >= 0.6 is 0 Å². The predicted molar refractivity (Wildman–Crippen MR) is 306 cm³/mol. The summed E-state index contributed by atoms with van der Waals surface area (Å²) in [6.45, 7) is 57.7. The quantitative estimate of drug-likeness (QED) is 0.0814. The fourth-order valence-corrected chi connectivity index (χ4v) is 4.02. The SMILES string of the molecule is CC.CC.CC.CC.CC.CC.CC.CC(C)c1cc[nH]c1.CC(C)c1ccn[nH]1.CC(C)c1cn[nH]c1.CC(C)c1cn[nH]n1.CC(C)c1cnc[nH]1.CC(C)c1ncc[nH]1.CC(C)c1ncn[nH]1. The molecule has 7 aromatic heterocycles. The van der Waals surface area contributed by atoms with Crippen molar-refractivity contribution in [3.63, 3.8) is 0 Å². The summed E-state index contributed by atoms with van der Waals surface area (Å²) in [6.07, 6.45) is 20.0. The van der Waals surface area contributed by atoms with Crippen LogP contribution in [0.5, 0.6) is 0 Å². The zero-order valence-corrected chi connectivity index (χ0v) is 50.1. The van der Waals surface area contributed by atoms with Gasteiger partial charge in [-0.3, -0.25) is 15.3 Å². The zero-order valence-electron chi connectivity index (χ0n) is 50.1. The number of rotatable bonds is 7. The van der Waals surface area contributed by atoms with Gasteiger partial charge in [-0.25, -0.2) is 15.0 Å². The van der Waals surface area contributed by atoms with Crippen molar-refractivity contribution in [2.45, 2.75) is 235 Å². The van der Waals surface area contributed by atoms with Gasteiger partial charge in [0.15, 0.2) is 0 Å². The maximum Gasteiger partial charge on any atom is 0.137 e. The summed E-state index contributed by atoms with van der Waals surface area (Å²) in [7, 11) is 0. The molecule has 0 bridgehead atoms. The van der Waals surface area contributed by atoms with Crippen molar-refractivity contribution < 1.29 is 0 Å². The molecule has 7 N–H and O–H groups in total. The van der Waals surface area contributed by atoms with Gasteiger partial charge in [-0.15, -0.1) is 0 Å². The van der Waals surface area contributed by atoms with E-state index in [1.165, 1.54) is 28.8 Å². The fourth-order valence-electron chi connectivity index (χ4n) is 4.02. The van der Waals surface area contributed by atoms with Gasteiger partial charge in [0.25, 0.3) is 0 Å². The van der Waals surface area contributed by atoms with Crippen LogP contribution in [0.1, 0.15) is 275 Å². The maximum absolute atomic E-state index is 4.06. The monoisotopic (exact) mass is 982 g/mol. The largest absolute Gasteiger partial charge is 0.367 e. The lowest BCUT2D eigenvalue weighted by molar-refractivity contribution is 0.781. The third-order valence-electron chi connectivity index (χ3n) is 7.83. The van der Waals surface area contributed by atoms with Crippen LogP contribution in [0.4, 0.5) is 0 Å². The summed E-state index contributed by atoms with van der Waals surface area (Å²) >= 11 is 0. The van der Waals surface area contributed by atoms with E-state index in [1.807, 2.05) is 140 Å². The second-order valence-corrected chi connectivity index (χ2v) is 15.0. The third kappa shape index (κ3) is 46.1. The Morgan fingerprint density at radius 2 is 0.971 bits per heavy atom. The van der Waals surface area contributed by atoms with Gasteiger partial charge < -0.3 is 15.0 Å². The topological polar surface area (TPSA) is 214 Å². The number of nitrogens with zero attached hydrogens (tertiary/aromatic N) is 8. The molecule has 7 aromatic rings. The normalized spacial score (nSPS) is 8.90. The predicted octanol–water partition coefficient (Wildman–Crippen LogP) is 17.3. The average molecular weight is 983 g/mol. The van der Waals surface area contributed by atoms with Crippen molar-refractivity contribution >= 4 is 0 Å². The minimum Gasteiger partial charge on any atom is -0.367 e. The van der Waals surface area contributed by atoms with Gasteiger partial charge in [-0.05, 0) is 52.8 Å². The summed E-state index contributed by atoms with van der Waals surface area (Å²) in [6, 6.07) is 4.09. The highest BCUT2D eigenvalue weighted by atomic mass is 15.3. The highest BCUT2D eigenvalue weighted by Gasteiger charge is 2.01. The van der Waals surface area contributed by atoms with E-state index in [9.17, 15) is 0 Å². The molecule has 0 aromatic carbocycles. The lowest BCUT2D eigenvalue weighted by Crippen LogP contribution is -1.88. The number of H-pyrrole nitrogens is 7. The number of hydrogen-bond acceptors (Lipinski definition) is 8. The smallest absolute Gasteiger partial charge is 0.137 e. The molecule has 0 saturated carbocycles. The summed E-state index contributed by atoms with van der Waals surface area (Å²) in [5.74, 6) is 5.84. The summed E-state index contributed by atoms with van der Waals surface area (Å²) < 4.78 is 0. The summed E-state index contributed by atoms with van der Waals surface area (Å²) in [5.41, 5.74) is 6.06. The first kappa shape index (κ1) is 78.6. The van der Waals surface area contributed by atoms with E-state index in [0.717, 1.165) is 17.3 Å². The first-order valence-electron chi connectivity index (χ1n) is 26.4. The van der Waals surface area contributed by atoms with Crippen LogP contribution in [-0.2, 0) is 0 Å². The second kappa shape index (κ2) is 59.5. The lowest BCUT2D eigenvalue weighted by atomic mass is 10.1. The van der Waals surface area contributed by atoms with Gasteiger partial charge in [0.05, 0.1) is 24.4 Å². The van der Waals surface area contributed by atoms with E-state index in [4.69, 9.17) is 0 Å². The number of hydrogen-bond donors (Lipinski definition) is 7. The van der Waals surface area contributed by atoms with Gasteiger partial charge >= 0.3 is 0 Å². The van der Waals surface area contributed by atoms with Crippen molar-refractivity contribution in [3.05, 3.63) is 120 Å². The summed E-state index contributed by atoms with van der Waals surface area (Å²) in [5, 5.41) is 29.9. The number of aromatic nitrogens is 15. The van der Waals surface area contributed by atoms with E-state index in [1.54, 1.807) is 24.9 Å². The van der Waals surface area contributed by atoms with Crippen LogP contribution < -0.4 is 0 Å². The van der Waals surface area contributed by atoms with E-state index in [0.29, 0.717) is 41.4 Å². The number of imidazole rings is 2. The third-order valence-corrected chi connectivity index (χ3v) is 7.83. The molecule has 0 aliphatic heterocycles. The Labute approximate surface area is 430 Å². The molecule has 0 atom stereocenters. The fraction of sp³-hybridized carbons (Fsp3) is 0.636. The lowest BCUT2D eigenvalue weighted by Gasteiger charge is -1.96. The maximum atomic E-state index is 4.06. The molecule has 406 valence electrons. The van der Waals surface area contributed by atoms with Crippen LogP contribution in [0, 0.1) is 0 Å². The van der Waals surface area contributed by atoms with E-state index < -0.39 is 0 Å². The van der Waals surface area contributed by atoms with Gasteiger partial charge in [-0.1, -0.05) is 194 Å². The second-order valence-electron chi connectivity index (χ2n) is 15.0. The average Bonchev–Trinajstić information content (AvgIpc) is 4.26. The molecular weight excluding hydrogens is 871 g/mol. The highest BCUT2D eigenvalue weighted by Crippen LogP contribution is 2.12. The van der Waals surface area contributed by atoms with Crippen molar-refractivity contribution in [2.75, 3.05) is 0 Å². The standard InChI is InChI=1S/C7H11N.4C6H10N2.2C5H9N3.7C2H6/c1-6(2)7-3-4-8-5-7;1-5(2)6-3-7-4-8-6;1-5(2)6-3-7-8-4-6;1-5(2)6-7-3-4-8-6;1-5(2)6-3-4-7-8-6;1-4(2)5-6-3-7-8-5;1-4(2)5-3-6-8-7-5;7*1-2/h3-6,8H,1-2H3;4*3-5H,1-2H3,(H,7,8);2*3-4H,1-2H3,(H,6,7,8);7*1-2H3. The van der Waals surface area contributed by atoms with Crippen molar-refractivity contribution in [1.82, 2.24) is 75.9 Å².